The van der Waals surface area contributed by atoms with E-state index in [1.165, 1.54) is 16.3 Å². The summed E-state index contributed by atoms with van der Waals surface area (Å²) in [6.45, 7) is 4.58. The molecule has 0 aliphatic heterocycles. The maximum Gasteiger partial charge on any atom is 0.218 e. The topological polar surface area (TPSA) is 18.5 Å². The van der Waals surface area contributed by atoms with Crippen LogP contribution in [0.4, 0.5) is 0 Å². The van der Waals surface area contributed by atoms with Gasteiger partial charge in [0.15, 0.2) is 0 Å². The first kappa shape index (κ1) is 15.3. The monoisotopic (exact) mass is 312 g/mol. The Labute approximate surface area is 134 Å². The second kappa shape index (κ2) is 6.27. The van der Waals surface area contributed by atoms with Crippen molar-refractivity contribution < 1.29 is 9.16 Å². The van der Waals surface area contributed by atoms with Gasteiger partial charge in [-0.1, -0.05) is 42.5 Å². The van der Waals surface area contributed by atoms with E-state index in [0.29, 0.717) is 0 Å². The molecule has 22 heavy (non-hydrogen) atoms. The molecule has 0 spiro atoms. The highest BCUT2D eigenvalue weighted by Gasteiger charge is 2.32. The quantitative estimate of drug-likeness (QED) is 0.788. The summed E-state index contributed by atoms with van der Waals surface area (Å²) in [5, 5.41) is 1.35. The van der Waals surface area contributed by atoms with Gasteiger partial charge in [0.2, 0.25) is 8.32 Å². The summed E-state index contributed by atoms with van der Waals surface area (Å²) in [6, 6.07) is 17.0. The van der Waals surface area contributed by atoms with Crippen LogP contribution in [0.15, 0.2) is 48.5 Å². The molecule has 2 nitrogen and oxygen atoms in total. The van der Waals surface area contributed by atoms with Crippen LogP contribution >= 0.6 is 0 Å². The molecule has 0 saturated carbocycles. The number of ether oxygens (including phenoxy) is 1. The lowest BCUT2D eigenvalue weighted by Crippen LogP contribution is -2.45. The first-order valence-electron chi connectivity index (χ1n) is 8.01. The van der Waals surface area contributed by atoms with Crippen LogP contribution in [-0.2, 0) is 10.8 Å². The fourth-order valence-electron chi connectivity index (χ4n) is 3.35. The zero-order valence-electron chi connectivity index (χ0n) is 13.6. The molecule has 3 heteroatoms. The van der Waals surface area contributed by atoms with E-state index in [-0.39, 0.29) is 6.10 Å². The minimum absolute atomic E-state index is 0.195. The number of rotatable bonds is 4. The highest BCUT2D eigenvalue weighted by atomic mass is 28.4. The maximum absolute atomic E-state index is 6.67. The third-order valence-corrected chi connectivity index (χ3v) is 7.13. The highest BCUT2D eigenvalue weighted by Crippen LogP contribution is 2.38. The van der Waals surface area contributed by atoms with Gasteiger partial charge in [0.25, 0.3) is 0 Å². The summed E-state index contributed by atoms with van der Waals surface area (Å²) in [7, 11) is -0.151. The van der Waals surface area contributed by atoms with E-state index >= 15 is 0 Å². The molecule has 0 fully saturated rings. The van der Waals surface area contributed by atoms with E-state index in [1.807, 2.05) is 0 Å². The summed E-state index contributed by atoms with van der Waals surface area (Å²) in [5.74, 6) is 1.00. The first-order chi connectivity index (χ1) is 10.6. The lowest BCUT2D eigenvalue weighted by Gasteiger charge is -2.34. The average molecular weight is 312 g/mol. The molecule has 0 heterocycles. The summed E-state index contributed by atoms with van der Waals surface area (Å²) in [4.78, 5) is 0. The molecule has 1 aliphatic rings. The van der Waals surface area contributed by atoms with Crippen molar-refractivity contribution in [3.63, 3.8) is 0 Å². The molecule has 0 radical (unpaired) electrons. The Morgan fingerprint density at radius 2 is 1.77 bits per heavy atom. The number of hydrogen-bond donors (Lipinski definition) is 0. The number of fused-ring (bicyclic) bond motifs is 1. The molecule has 1 unspecified atom stereocenters. The minimum Gasteiger partial charge on any atom is -0.496 e. The van der Waals surface area contributed by atoms with Gasteiger partial charge in [-0.2, -0.15) is 0 Å². The Hall–Kier alpha value is -1.58. The van der Waals surface area contributed by atoms with Crippen LogP contribution in [0.2, 0.25) is 13.1 Å². The van der Waals surface area contributed by atoms with Crippen LogP contribution in [0.1, 0.15) is 30.1 Å². The van der Waals surface area contributed by atoms with Gasteiger partial charge in [0.05, 0.1) is 13.2 Å². The molecule has 2 aromatic carbocycles. The van der Waals surface area contributed by atoms with Crippen LogP contribution in [0.5, 0.6) is 5.75 Å². The second-order valence-corrected chi connectivity index (χ2v) is 10.2. The lowest BCUT2D eigenvalue weighted by atomic mass is 9.89. The van der Waals surface area contributed by atoms with E-state index in [2.05, 4.69) is 61.6 Å². The smallest absolute Gasteiger partial charge is 0.218 e. The zero-order valence-corrected chi connectivity index (χ0v) is 14.6. The van der Waals surface area contributed by atoms with E-state index in [4.69, 9.17) is 9.16 Å². The SMILES string of the molecule is COc1cccc2c1CCCC2O[Si](C)(C)c1ccccc1. The van der Waals surface area contributed by atoms with Gasteiger partial charge in [-0.15, -0.1) is 0 Å². The number of hydrogen-bond acceptors (Lipinski definition) is 2. The molecule has 0 amide bonds. The van der Waals surface area contributed by atoms with Crippen LogP contribution < -0.4 is 9.92 Å². The third-order valence-electron chi connectivity index (χ3n) is 4.54. The standard InChI is InChI=1S/C19H24O2Si/c1-20-18-13-7-12-17-16(18)11-8-14-19(17)21-22(2,3)15-9-5-4-6-10-15/h4-7,9-10,12-13,19H,8,11,14H2,1-3H3. The van der Waals surface area contributed by atoms with Gasteiger partial charge in [-0.05, 0) is 54.7 Å². The molecule has 2 aromatic rings. The van der Waals surface area contributed by atoms with Crippen LogP contribution in [0, 0.1) is 0 Å². The molecular weight excluding hydrogens is 288 g/mol. The molecule has 3 rings (SSSR count). The Bertz CT molecular complexity index is 637. The Kier molecular flexibility index (Phi) is 4.36. The maximum atomic E-state index is 6.67. The Balaban J connectivity index is 1.89. The van der Waals surface area contributed by atoms with Gasteiger partial charge in [-0.25, -0.2) is 0 Å². The van der Waals surface area contributed by atoms with Crippen molar-refractivity contribution in [3.8, 4) is 5.75 Å². The number of methoxy groups -OCH3 is 1. The lowest BCUT2D eigenvalue weighted by molar-refractivity contribution is 0.177. The molecule has 1 aliphatic carbocycles. The van der Waals surface area contributed by atoms with Crippen molar-refractivity contribution in [2.45, 2.75) is 38.5 Å². The van der Waals surface area contributed by atoms with Gasteiger partial charge in [-0.3, -0.25) is 0 Å². The van der Waals surface area contributed by atoms with Crippen LogP contribution in [0.3, 0.4) is 0 Å². The van der Waals surface area contributed by atoms with Crippen molar-refractivity contribution in [3.05, 3.63) is 59.7 Å². The van der Waals surface area contributed by atoms with Gasteiger partial charge in [0.1, 0.15) is 5.75 Å². The molecule has 1 atom stereocenters. The van der Waals surface area contributed by atoms with E-state index in [1.54, 1.807) is 7.11 Å². The fourth-order valence-corrected chi connectivity index (χ4v) is 5.44. The molecule has 0 bridgehead atoms. The predicted molar refractivity (Wildman–Crippen MR) is 93.3 cm³/mol. The molecule has 116 valence electrons. The van der Waals surface area contributed by atoms with Gasteiger partial charge in [0, 0.05) is 0 Å². The van der Waals surface area contributed by atoms with E-state index in [9.17, 15) is 0 Å². The van der Waals surface area contributed by atoms with Crippen LogP contribution in [0.25, 0.3) is 0 Å². The fraction of sp³-hybridized carbons (Fsp3) is 0.368. The average Bonchev–Trinajstić information content (AvgIpc) is 2.55. The molecule has 0 saturated heterocycles. The van der Waals surface area contributed by atoms with Crippen LogP contribution in [-0.4, -0.2) is 15.4 Å². The predicted octanol–water partition coefficient (Wildman–Crippen LogP) is 4.20. The Morgan fingerprint density at radius 1 is 1.00 bits per heavy atom. The first-order valence-corrected chi connectivity index (χ1v) is 10.9. The molecule has 0 aromatic heterocycles. The summed E-state index contributed by atoms with van der Waals surface area (Å²) < 4.78 is 12.2. The summed E-state index contributed by atoms with van der Waals surface area (Å²) in [5.41, 5.74) is 2.65. The Morgan fingerprint density at radius 3 is 2.50 bits per heavy atom. The van der Waals surface area contributed by atoms with E-state index in [0.717, 1.165) is 25.0 Å². The van der Waals surface area contributed by atoms with Gasteiger partial charge >= 0.3 is 0 Å². The molecular formula is C19H24O2Si. The van der Waals surface area contributed by atoms with Crippen molar-refractivity contribution >= 4 is 13.5 Å². The third kappa shape index (κ3) is 2.96. The zero-order chi connectivity index (χ0) is 15.6. The summed E-state index contributed by atoms with van der Waals surface area (Å²) >= 11 is 0. The normalized spacial score (nSPS) is 17.9. The van der Waals surface area contributed by atoms with E-state index < -0.39 is 8.32 Å². The largest absolute Gasteiger partial charge is 0.496 e. The van der Waals surface area contributed by atoms with Crippen molar-refractivity contribution in [1.82, 2.24) is 0 Å². The van der Waals surface area contributed by atoms with Gasteiger partial charge < -0.3 is 9.16 Å². The summed E-state index contributed by atoms with van der Waals surface area (Å²) in [6.07, 6.45) is 3.55. The minimum atomic E-state index is -1.90. The highest BCUT2D eigenvalue weighted by molar-refractivity contribution is 6.84. The van der Waals surface area contributed by atoms with Crippen molar-refractivity contribution in [1.29, 1.82) is 0 Å². The number of benzene rings is 2. The van der Waals surface area contributed by atoms with Crippen molar-refractivity contribution in [2.75, 3.05) is 7.11 Å². The molecule has 0 N–H and O–H groups in total. The second-order valence-electron chi connectivity index (χ2n) is 6.40. The van der Waals surface area contributed by atoms with Crippen molar-refractivity contribution in [2.24, 2.45) is 0 Å².